The van der Waals surface area contributed by atoms with Gasteiger partial charge in [-0.1, -0.05) is 0 Å². The van der Waals surface area contributed by atoms with Crippen LogP contribution < -0.4 is 80.9 Å². The van der Waals surface area contributed by atoms with Crippen LogP contribution in [-0.4, -0.2) is 18.8 Å². The van der Waals surface area contributed by atoms with Crippen LogP contribution in [0.25, 0.3) is 0 Å². The van der Waals surface area contributed by atoms with Gasteiger partial charge < -0.3 is 8.33 Å². The molecule has 0 aliphatic carbocycles. The van der Waals surface area contributed by atoms with Crippen LogP contribution in [0.15, 0.2) is 0 Å². The average Bonchev–Trinajstić information content (AvgIpc) is 0.722. The van der Waals surface area contributed by atoms with E-state index in [1.807, 2.05) is 0 Å². The predicted octanol–water partition coefficient (Wildman–Crippen LogP) is -6.91. The molecule has 0 saturated heterocycles. The first-order chi connectivity index (χ1) is 2.00. The van der Waals surface area contributed by atoms with E-state index in [1.54, 1.807) is 0 Å². The summed E-state index contributed by atoms with van der Waals surface area (Å²) in [7, 11) is -3.83. The molecule has 4 nitrogen and oxygen atoms in total. The minimum atomic E-state index is -3.83. The third-order valence-electron chi connectivity index (χ3n) is 0. The molecular weight excluding hydrogens is 190 g/mol. The van der Waals surface area contributed by atoms with Crippen LogP contribution in [0.1, 0.15) is 2.85 Å². The van der Waals surface area contributed by atoms with Crippen molar-refractivity contribution < 1.29 is 103 Å². The molecule has 44 valence electrons. The van der Waals surface area contributed by atoms with Gasteiger partial charge in [0.1, 0.15) is 0 Å². The number of rotatable bonds is 0. The fourth-order valence-corrected chi connectivity index (χ4v) is 0. The molecule has 0 aliphatic heterocycles. The fourth-order valence-electron chi connectivity index (χ4n) is 0. The van der Waals surface area contributed by atoms with Crippen LogP contribution in [0.5, 0.6) is 0 Å². The van der Waals surface area contributed by atoms with E-state index in [9.17, 15) is 0 Å². The van der Waals surface area contributed by atoms with Gasteiger partial charge in [-0.2, -0.15) is 4.21 Å². The molecule has 0 fully saturated rings. The zero-order valence-electron chi connectivity index (χ0n) is 6.62. The zero-order valence-corrected chi connectivity index (χ0v) is 11.4. The van der Waals surface area contributed by atoms with Crippen molar-refractivity contribution in [2.75, 3.05) is 0 Å². The van der Waals surface area contributed by atoms with Crippen molar-refractivity contribution in [3.05, 3.63) is 0 Å². The van der Waals surface area contributed by atoms with E-state index in [4.69, 9.17) is 13.3 Å². The Hall–Kier alpha value is 2.89. The van der Waals surface area contributed by atoms with E-state index in [1.165, 1.54) is 0 Å². The quantitative estimate of drug-likeness (QED) is 0.377. The standard InChI is InChI=1S/K.Na.H2O3S2.H2O.2H/c;;1-5(2,3)4;;;/h;;(H2,1,2,3,4);1H2;;/q2*+1;;;2*-1. The van der Waals surface area contributed by atoms with E-state index in [0.29, 0.717) is 0 Å². The Kier molecular flexibility index (Phi) is 27.7. The normalized spacial score (nSPS) is 7.25. The van der Waals surface area contributed by atoms with Gasteiger partial charge in [-0.25, -0.2) is 0 Å². The second-order valence-corrected chi connectivity index (χ2v) is 2.65. The maximum Gasteiger partial charge on any atom is 1.00 e. The van der Waals surface area contributed by atoms with Gasteiger partial charge in [0.2, 0.25) is 0 Å². The molecule has 0 saturated carbocycles. The molecule has 0 aromatic rings. The molecule has 0 aliphatic rings. The zero-order chi connectivity index (χ0) is 4.50. The van der Waals surface area contributed by atoms with E-state index >= 15 is 0 Å². The molecule has 0 radical (unpaired) electrons. The predicted molar refractivity (Wildman–Crippen MR) is 26.6 cm³/mol. The summed E-state index contributed by atoms with van der Waals surface area (Å²) < 4.78 is 24.0. The van der Waals surface area contributed by atoms with E-state index in [2.05, 4.69) is 11.2 Å². The summed E-state index contributed by atoms with van der Waals surface area (Å²) in [6.45, 7) is 0. The molecule has 0 aromatic carbocycles. The van der Waals surface area contributed by atoms with Crippen molar-refractivity contribution in [3.8, 4) is 0 Å². The Morgan fingerprint density at radius 1 is 1.50 bits per heavy atom. The van der Waals surface area contributed by atoms with E-state index < -0.39 is 9.05 Å². The van der Waals surface area contributed by atoms with Crippen molar-refractivity contribution >= 4 is 20.2 Å². The van der Waals surface area contributed by atoms with Gasteiger partial charge in [0.15, 0.2) is 0 Å². The number of hydrogen-bond acceptors (Lipinski definition) is 2. The van der Waals surface area contributed by atoms with Crippen LogP contribution >= 0.6 is 0 Å². The minimum absolute atomic E-state index is 0. The number of hydrogen-bond donors (Lipinski definition) is 2. The summed E-state index contributed by atoms with van der Waals surface area (Å²) in [5.74, 6) is 0. The molecular formula is H6KNaO4S2. The van der Waals surface area contributed by atoms with Gasteiger partial charge in [0.25, 0.3) is 9.05 Å². The second kappa shape index (κ2) is 9.89. The SMILES string of the molecule is O.O=S(O)(O)=S.[H-].[H-].[K+].[Na+]. The summed E-state index contributed by atoms with van der Waals surface area (Å²) in [6.07, 6.45) is 0. The second-order valence-electron chi connectivity index (χ2n) is 0.448. The molecule has 0 heterocycles. The van der Waals surface area contributed by atoms with Gasteiger partial charge >= 0.3 is 80.9 Å². The fraction of sp³-hybridized carbons (Fsp3) is 0. The Labute approximate surface area is 120 Å². The van der Waals surface area contributed by atoms with Gasteiger partial charge in [-0.05, 0) is 0 Å². The Balaban J connectivity index is -0.00000000800. The summed E-state index contributed by atoms with van der Waals surface area (Å²) >= 11 is 3.47. The van der Waals surface area contributed by atoms with Crippen molar-refractivity contribution in [1.82, 2.24) is 0 Å². The van der Waals surface area contributed by atoms with Gasteiger partial charge in [-0.15, -0.1) is 0 Å². The topological polar surface area (TPSA) is 89.0 Å². The van der Waals surface area contributed by atoms with Crippen LogP contribution in [0.2, 0.25) is 0 Å². The third kappa shape index (κ3) is 66.3. The Bertz CT molecular complexity index is 104. The molecule has 0 rings (SSSR count). The first-order valence-electron chi connectivity index (χ1n) is 0.698. The monoisotopic (exact) mass is 196 g/mol. The van der Waals surface area contributed by atoms with Gasteiger partial charge in [0, 0.05) is 11.2 Å². The van der Waals surface area contributed by atoms with Crippen molar-refractivity contribution in [3.63, 3.8) is 0 Å². The third-order valence-corrected chi connectivity index (χ3v) is 0. The minimum Gasteiger partial charge on any atom is -1.00 e. The van der Waals surface area contributed by atoms with Gasteiger partial charge in [-0.3, -0.25) is 9.11 Å². The Morgan fingerprint density at radius 2 is 1.50 bits per heavy atom. The smallest absolute Gasteiger partial charge is 1.00 e. The first-order valence-corrected chi connectivity index (χ1v) is 3.10. The molecule has 8 heteroatoms. The van der Waals surface area contributed by atoms with Crippen LogP contribution in [0.3, 0.4) is 0 Å². The maximum atomic E-state index is 9.11. The van der Waals surface area contributed by atoms with E-state index in [-0.39, 0.29) is 89.3 Å². The summed E-state index contributed by atoms with van der Waals surface area (Å²) in [6, 6.07) is 0. The van der Waals surface area contributed by atoms with Crippen LogP contribution in [0, 0.1) is 0 Å². The van der Waals surface area contributed by atoms with Crippen LogP contribution in [0.4, 0.5) is 0 Å². The Morgan fingerprint density at radius 3 is 1.50 bits per heavy atom. The largest absolute Gasteiger partial charge is 1.00 e. The van der Waals surface area contributed by atoms with E-state index in [0.717, 1.165) is 0 Å². The molecule has 4 N–H and O–H groups in total. The first kappa shape index (κ1) is 22.4. The van der Waals surface area contributed by atoms with Crippen molar-refractivity contribution in [1.29, 1.82) is 0 Å². The molecule has 0 spiro atoms. The van der Waals surface area contributed by atoms with Crippen molar-refractivity contribution in [2.45, 2.75) is 0 Å². The van der Waals surface area contributed by atoms with Crippen LogP contribution in [-0.2, 0) is 20.2 Å². The molecule has 0 atom stereocenters. The average molecular weight is 196 g/mol. The maximum absolute atomic E-state index is 9.11. The molecule has 0 amide bonds. The molecule has 0 aromatic heterocycles. The molecule has 8 heavy (non-hydrogen) atoms. The molecule has 0 unspecified atom stereocenters. The summed E-state index contributed by atoms with van der Waals surface area (Å²) in [4.78, 5) is 0. The van der Waals surface area contributed by atoms with Gasteiger partial charge in [0.05, 0.1) is 0 Å². The molecule has 0 bridgehead atoms. The van der Waals surface area contributed by atoms with Crippen molar-refractivity contribution in [2.24, 2.45) is 0 Å². The summed E-state index contributed by atoms with van der Waals surface area (Å²) in [5, 5.41) is 0. The summed E-state index contributed by atoms with van der Waals surface area (Å²) in [5.41, 5.74) is 0.